The van der Waals surface area contributed by atoms with Gasteiger partial charge in [0, 0.05) is 31.6 Å². The Morgan fingerprint density at radius 3 is 2.12 bits per heavy atom. The first-order chi connectivity index (χ1) is 20.3. The van der Waals surface area contributed by atoms with Crippen molar-refractivity contribution in [1.82, 2.24) is 14.5 Å². The van der Waals surface area contributed by atoms with Crippen LogP contribution in [0.4, 0.5) is 5.69 Å². The lowest BCUT2D eigenvalue weighted by Gasteiger charge is -2.18. The van der Waals surface area contributed by atoms with Crippen molar-refractivity contribution in [2.45, 2.75) is 64.2 Å². The van der Waals surface area contributed by atoms with E-state index in [-0.39, 0.29) is 16.7 Å². The van der Waals surface area contributed by atoms with Crippen molar-refractivity contribution < 1.29 is 44.5 Å². The van der Waals surface area contributed by atoms with Gasteiger partial charge in [-0.3, -0.25) is 19.7 Å². The number of likely N-dealkylation sites (tertiary alicyclic amines) is 1. The van der Waals surface area contributed by atoms with Gasteiger partial charge in [0.15, 0.2) is 5.60 Å². The number of carboxylic acids is 3. The quantitative estimate of drug-likeness (QED) is 0.165. The Hall–Kier alpha value is -4.56. The first kappa shape index (κ1) is 32.9. The number of nitro benzene ring substituents is 1. The number of hydrogen-bond donors (Lipinski definition) is 4. The number of carbonyl (C=O) groups is 3. The molecule has 232 valence electrons. The van der Waals surface area contributed by atoms with Gasteiger partial charge < -0.3 is 34.6 Å². The van der Waals surface area contributed by atoms with Crippen LogP contribution >= 0.6 is 0 Å². The highest BCUT2D eigenvalue weighted by atomic mass is 16.6. The smallest absolute Gasteiger partial charge is 0.336 e. The van der Waals surface area contributed by atoms with Gasteiger partial charge in [-0.2, -0.15) is 0 Å². The molecule has 1 fully saturated rings. The summed E-state index contributed by atoms with van der Waals surface area (Å²) in [5, 5.41) is 45.0. The largest absolute Gasteiger partial charge is 0.491 e. The van der Waals surface area contributed by atoms with Crippen LogP contribution in [-0.4, -0.2) is 89.0 Å². The van der Waals surface area contributed by atoms with Crippen molar-refractivity contribution in [1.29, 1.82) is 0 Å². The second kappa shape index (κ2) is 14.6. The summed E-state index contributed by atoms with van der Waals surface area (Å²) in [5.74, 6) is -3.23. The zero-order valence-electron chi connectivity index (χ0n) is 24.0. The van der Waals surface area contributed by atoms with E-state index in [9.17, 15) is 24.5 Å². The Morgan fingerprint density at radius 2 is 1.60 bits per heavy atom. The highest BCUT2D eigenvalue weighted by Gasteiger charge is 2.40. The van der Waals surface area contributed by atoms with Crippen molar-refractivity contribution in [3.8, 4) is 5.75 Å². The van der Waals surface area contributed by atoms with Gasteiger partial charge in [-0.05, 0) is 63.5 Å². The molecule has 1 aliphatic heterocycles. The molecule has 2 heterocycles. The summed E-state index contributed by atoms with van der Waals surface area (Å²) < 4.78 is 7.95. The number of hydrogen-bond acceptors (Lipinski definition) is 9. The van der Waals surface area contributed by atoms with E-state index in [1.165, 1.54) is 12.8 Å². The van der Waals surface area contributed by atoms with Crippen molar-refractivity contribution in [3.63, 3.8) is 0 Å². The molecule has 2 aromatic carbocycles. The van der Waals surface area contributed by atoms with Crippen LogP contribution in [0.3, 0.4) is 0 Å². The van der Waals surface area contributed by atoms with Crippen molar-refractivity contribution in [2.24, 2.45) is 0 Å². The number of aromatic nitrogens is 2. The number of nitro groups is 1. The zero-order valence-corrected chi connectivity index (χ0v) is 24.0. The number of imidazole rings is 1. The Bertz CT molecular complexity index is 1430. The molecule has 43 heavy (non-hydrogen) atoms. The second-order valence-corrected chi connectivity index (χ2v) is 10.6. The van der Waals surface area contributed by atoms with Crippen LogP contribution in [0.1, 0.15) is 50.9 Å². The fraction of sp³-hybridized carbons (Fsp3) is 0.448. The van der Waals surface area contributed by atoms with Crippen LogP contribution in [0.15, 0.2) is 42.5 Å². The van der Waals surface area contributed by atoms with Gasteiger partial charge in [0.1, 0.15) is 11.6 Å². The summed E-state index contributed by atoms with van der Waals surface area (Å²) in [5.41, 5.74) is 0.110. The van der Waals surface area contributed by atoms with Crippen LogP contribution in [0.5, 0.6) is 5.75 Å². The van der Waals surface area contributed by atoms with Gasteiger partial charge >= 0.3 is 17.9 Å². The van der Waals surface area contributed by atoms with Crippen LogP contribution in [0.2, 0.25) is 0 Å². The molecule has 0 spiro atoms. The van der Waals surface area contributed by atoms with Gasteiger partial charge in [-0.1, -0.05) is 12.1 Å². The lowest BCUT2D eigenvalue weighted by Crippen LogP contribution is -2.42. The molecule has 0 unspecified atom stereocenters. The second-order valence-electron chi connectivity index (χ2n) is 10.6. The normalized spacial score (nSPS) is 13.5. The van der Waals surface area contributed by atoms with Gasteiger partial charge in [0.05, 0.1) is 34.9 Å². The summed E-state index contributed by atoms with van der Waals surface area (Å²) >= 11 is 0. The van der Waals surface area contributed by atoms with Crippen molar-refractivity contribution in [2.75, 3.05) is 19.6 Å². The lowest BCUT2D eigenvalue weighted by atomic mass is 9.96. The number of benzene rings is 2. The Balaban J connectivity index is 0.000000331. The summed E-state index contributed by atoms with van der Waals surface area (Å²) in [6.07, 6.45) is 1.04. The van der Waals surface area contributed by atoms with E-state index in [2.05, 4.69) is 21.6 Å². The SMILES string of the molecule is CC(C)Oc1ccc(Cc2nc3cc([N+](=O)[O-])ccc3n2CCN2CCCC2)cc1.O=C(O)CC(O)(CC(=O)O)C(=O)O. The van der Waals surface area contributed by atoms with E-state index in [1.54, 1.807) is 12.1 Å². The average Bonchev–Trinajstić information content (AvgIpc) is 3.54. The van der Waals surface area contributed by atoms with Crippen LogP contribution in [0.25, 0.3) is 11.0 Å². The molecule has 0 atom stereocenters. The van der Waals surface area contributed by atoms with E-state index in [4.69, 9.17) is 30.1 Å². The number of carboxylic acid groups (broad SMARTS) is 3. The Labute approximate surface area is 247 Å². The third-order valence-corrected chi connectivity index (χ3v) is 6.80. The molecule has 1 saturated heterocycles. The molecule has 14 heteroatoms. The number of fused-ring (bicyclic) bond motifs is 1. The zero-order chi connectivity index (χ0) is 31.7. The van der Waals surface area contributed by atoms with E-state index >= 15 is 0 Å². The minimum Gasteiger partial charge on any atom is -0.491 e. The first-order valence-electron chi connectivity index (χ1n) is 13.8. The van der Waals surface area contributed by atoms with E-state index in [1.807, 2.05) is 32.0 Å². The number of ether oxygens (including phenoxy) is 1. The molecular weight excluding hydrogens is 564 g/mol. The Kier molecular flexibility index (Phi) is 11.2. The summed E-state index contributed by atoms with van der Waals surface area (Å²) in [4.78, 5) is 48.6. The fourth-order valence-corrected chi connectivity index (χ4v) is 4.77. The minimum atomic E-state index is -2.74. The standard InChI is InChI=1S/C23H28N4O3.C6H8O7/c1-17(2)30-20-8-5-18(6-9-20)15-23-24-21-16-19(27(28)29)7-10-22(21)26(23)14-13-25-11-3-4-12-25;7-3(8)1-6(13,5(11)12)2-4(9)10/h5-10,16-17H,3-4,11-15H2,1-2H3;13H,1-2H2,(H,7,8)(H,9,10)(H,11,12). The molecule has 14 nitrogen and oxygen atoms in total. The predicted molar refractivity (Wildman–Crippen MR) is 154 cm³/mol. The molecular formula is C29H36N4O10. The van der Waals surface area contributed by atoms with Gasteiger partial charge in [-0.15, -0.1) is 0 Å². The maximum atomic E-state index is 11.2. The van der Waals surface area contributed by atoms with E-state index < -0.39 is 36.4 Å². The van der Waals surface area contributed by atoms with Gasteiger partial charge in [0.25, 0.3) is 5.69 Å². The molecule has 0 amide bonds. The molecule has 0 aliphatic carbocycles. The fourth-order valence-electron chi connectivity index (χ4n) is 4.77. The summed E-state index contributed by atoms with van der Waals surface area (Å²) in [7, 11) is 0. The minimum absolute atomic E-state index is 0.0773. The number of nitrogens with zero attached hydrogens (tertiary/aromatic N) is 4. The maximum absolute atomic E-state index is 11.2. The molecule has 0 saturated carbocycles. The topological polar surface area (TPSA) is 206 Å². The van der Waals surface area contributed by atoms with E-state index in [0.717, 1.165) is 48.8 Å². The van der Waals surface area contributed by atoms with Gasteiger partial charge in [0.2, 0.25) is 0 Å². The molecule has 1 aliphatic rings. The molecule has 0 bridgehead atoms. The maximum Gasteiger partial charge on any atom is 0.336 e. The lowest BCUT2D eigenvalue weighted by molar-refractivity contribution is -0.384. The first-order valence-corrected chi connectivity index (χ1v) is 13.8. The number of non-ortho nitro benzene ring substituents is 1. The molecule has 3 aromatic rings. The van der Waals surface area contributed by atoms with Crippen molar-refractivity contribution in [3.05, 3.63) is 64.0 Å². The van der Waals surface area contributed by atoms with Crippen molar-refractivity contribution >= 4 is 34.6 Å². The molecule has 1 aromatic heterocycles. The van der Waals surface area contributed by atoms with Crippen LogP contribution in [0, 0.1) is 10.1 Å². The average molecular weight is 601 g/mol. The highest BCUT2D eigenvalue weighted by molar-refractivity contribution is 5.88. The number of aliphatic hydroxyl groups is 1. The van der Waals surface area contributed by atoms with Crippen LogP contribution in [-0.2, 0) is 27.3 Å². The summed E-state index contributed by atoms with van der Waals surface area (Å²) in [6.45, 7) is 8.11. The Morgan fingerprint density at radius 1 is 1.00 bits per heavy atom. The number of aliphatic carboxylic acids is 3. The molecule has 4 rings (SSSR count). The highest BCUT2D eigenvalue weighted by Crippen LogP contribution is 2.24. The van der Waals surface area contributed by atoms with Gasteiger partial charge in [-0.25, -0.2) is 9.78 Å². The van der Waals surface area contributed by atoms with E-state index in [0.29, 0.717) is 11.9 Å². The van der Waals surface area contributed by atoms with Crippen LogP contribution < -0.4 is 4.74 Å². The third kappa shape index (κ3) is 9.48. The monoisotopic (exact) mass is 600 g/mol. The molecule has 0 radical (unpaired) electrons. The molecule has 4 N–H and O–H groups in total. The predicted octanol–water partition coefficient (Wildman–Crippen LogP) is 3.17. The third-order valence-electron chi connectivity index (χ3n) is 6.80. The summed E-state index contributed by atoms with van der Waals surface area (Å²) in [6, 6.07) is 13.1. The number of rotatable bonds is 13.